The summed E-state index contributed by atoms with van der Waals surface area (Å²) in [6, 6.07) is 7.18. The molecule has 0 radical (unpaired) electrons. The number of carbonyl (C=O) groups excluding carboxylic acids is 1. The first-order valence-corrected chi connectivity index (χ1v) is 12.4. The Hall–Kier alpha value is -3.63. The fraction of sp³-hybridized carbons (Fsp3) is 0.444. The number of aromatic nitrogens is 2. The smallest absolute Gasteiger partial charge is 0.255 e. The highest BCUT2D eigenvalue weighted by molar-refractivity contribution is 6.08. The number of aliphatic hydroxyl groups is 1. The molecule has 3 heterocycles. The summed E-state index contributed by atoms with van der Waals surface area (Å²) in [6.45, 7) is 5.89. The molecule has 198 valence electrons. The number of aliphatic hydroxyl groups excluding tert-OH is 1. The van der Waals surface area contributed by atoms with Crippen LogP contribution < -0.4 is 29.7 Å². The van der Waals surface area contributed by atoms with Crippen LogP contribution in [-0.4, -0.2) is 74.6 Å². The number of nitrogens with zero attached hydrogens (tertiary/aromatic N) is 3. The maximum atomic E-state index is 13.7. The Morgan fingerprint density at radius 2 is 1.89 bits per heavy atom. The Bertz CT molecular complexity index is 1250. The van der Waals surface area contributed by atoms with Crippen LogP contribution in [0.4, 0.5) is 5.69 Å². The molecular weight excluding hydrogens is 474 g/mol. The molecule has 2 aromatic heterocycles. The van der Waals surface area contributed by atoms with Crippen molar-refractivity contribution in [1.29, 1.82) is 0 Å². The van der Waals surface area contributed by atoms with E-state index in [1.165, 1.54) is 0 Å². The maximum absolute atomic E-state index is 13.7. The molecule has 1 unspecified atom stereocenters. The van der Waals surface area contributed by atoms with Crippen molar-refractivity contribution >= 4 is 22.5 Å². The zero-order valence-electron chi connectivity index (χ0n) is 22.0. The van der Waals surface area contributed by atoms with Crippen LogP contribution in [0.1, 0.15) is 41.0 Å². The molecule has 1 aliphatic rings. The van der Waals surface area contributed by atoms with Crippen LogP contribution in [0.15, 0.2) is 30.5 Å². The normalized spacial score (nSPS) is 16.7. The highest BCUT2D eigenvalue weighted by atomic mass is 16.5. The summed E-state index contributed by atoms with van der Waals surface area (Å²) in [4.78, 5) is 25.0. The van der Waals surface area contributed by atoms with Crippen LogP contribution in [-0.2, 0) is 0 Å². The number of amides is 1. The molecule has 1 aliphatic heterocycles. The van der Waals surface area contributed by atoms with Crippen molar-refractivity contribution in [2.75, 3.05) is 52.5 Å². The van der Waals surface area contributed by atoms with Gasteiger partial charge in [-0.2, -0.15) is 0 Å². The van der Waals surface area contributed by atoms with Gasteiger partial charge in [-0.1, -0.05) is 0 Å². The predicted octanol–water partition coefficient (Wildman–Crippen LogP) is 2.62. The number of aryl methyl sites for hydroxylation is 1. The van der Waals surface area contributed by atoms with Crippen molar-refractivity contribution < 1.29 is 24.1 Å². The number of methoxy groups -OCH3 is 3. The Kier molecular flexibility index (Phi) is 8.30. The van der Waals surface area contributed by atoms with Gasteiger partial charge in [-0.25, -0.2) is 9.97 Å². The summed E-state index contributed by atoms with van der Waals surface area (Å²) in [5.74, 6) is 1.47. The van der Waals surface area contributed by atoms with Gasteiger partial charge in [0.05, 0.1) is 45.2 Å². The summed E-state index contributed by atoms with van der Waals surface area (Å²) in [5.41, 5.74) is 3.46. The van der Waals surface area contributed by atoms with Gasteiger partial charge in [0.15, 0.2) is 0 Å². The fourth-order valence-corrected chi connectivity index (χ4v) is 4.67. The van der Waals surface area contributed by atoms with Gasteiger partial charge in [0, 0.05) is 49.0 Å². The van der Waals surface area contributed by atoms with E-state index in [4.69, 9.17) is 14.2 Å². The number of carbonyl (C=O) groups is 1. The number of fused-ring (bicyclic) bond motifs is 1. The minimum Gasteiger partial charge on any atom is -0.497 e. The van der Waals surface area contributed by atoms with Crippen molar-refractivity contribution in [3.8, 4) is 17.4 Å². The van der Waals surface area contributed by atoms with Gasteiger partial charge < -0.3 is 34.9 Å². The van der Waals surface area contributed by atoms with E-state index in [-0.39, 0.29) is 24.6 Å². The number of pyridine rings is 2. The van der Waals surface area contributed by atoms with Gasteiger partial charge in [0.2, 0.25) is 5.88 Å². The quantitative estimate of drug-likeness (QED) is 0.421. The third-order valence-electron chi connectivity index (χ3n) is 6.68. The number of rotatable bonds is 8. The molecule has 4 rings (SSSR count). The zero-order valence-corrected chi connectivity index (χ0v) is 22.0. The van der Waals surface area contributed by atoms with Crippen molar-refractivity contribution in [1.82, 2.24) is 20.6 Å². The summed E-state index contributed by atoms with van der Waals surface area (Å²) >= 11 is 0. The molecule has 0 spiro atoms. The Morgan fingerprint density at radius 3 is 2.54 bits per heavy atom. The fourth-order valence-electron chi connectivity index (χ4n) is 4.67. The number of nitrogens with one attached hydrogen (secondary N) is 2. The molecule has 0 bridgehead atoms. The topological polar surface area (TPSA) is 118 Å². The number of benzene rings is 1. The van der Waals surface area contributed by atoms with Gasteiger partial charge in [0.25, 0.3) is 5.91 Å². The third kappa shape index (κ3) is 5.70. The average molecular weight is 510 g/mol. The third-order valence-corrected chi connectivity index (χ3v) is 6.68. The molecule has 3 N–H and O–H groups in total. The lowest BCUT2D eigenvalue weighted by atomic mass is 10.0. The van der Waals surface area contributed by atoms with E-state index in [1.807, 2.05) is 32.0 Å². The summed E-state index contributed by atoms with van der Waals surface area (Å²) in [5, 5.41) is 17.0. The minimum atomic E-state index is -0.321. The second kappa shape index (κ2) is 11.6. The molecule has 1 amide bonds. The average Bonchev–Trinajstić information content (AvgIpc) is 3.16. The Morgan fingerprint density at radius 1 is 1.16 bits per heavy atom. The van der Waals surface area contributed by atoms with Crippen LogP contribution in [0.5, 0.6) is 17.4 Å². The molecule has 1 aromatic carbocycles. The van der Waals surface area contributed by atoms with Crippen LogP contribution in [0.25, 0.3) is 10.9 Å². The zero-order chi connectivity index (χ0) is 26.5. The van der Waals surface area contributed by atoms with Crippen LogP contribution in [0.3, 0.4) is 0 Å². The van der Waals surface area contributed by atoms with Gasteiger partial charge in [-0.3, -0.25) is 4.79 Å². The lowest BCUT2D eigenvalue weighted by molar-refractivity contribution is 0.0940. The van der Waals surface area contributed by atoms with Crippen molar-refractivity contribution in [3.63, 3.8) is 0 Å². The highest BCUT2D eigenvalue weighted by Gasteiger charge is 2.26. The second-order valence-electron chi connectivity index (χ2n) is 9.14. The van der Waals surface area contributed by atoms with E-state index in [0.29, 0.717) is 48.1 Å². The summed E-state index contributed by atoms with van der Waals surface area (Å²) < 4.78 is 16.3. The molecule has 1 saturated heterocycles. The maximum Gasteiger partial charge on any atom is 0.255 e. The first kappa shape index (κ1) is 26.4. The van der Waals surface area contributed by atoms with Crippen molar-refractivity contribution in [2.24, 2.45) is 0 Å². The monoisotopic (exact) mass is 509 g/mol. The molecule has 0 aliphatic carbocycles. The van der Waals surface area contributed by atoms with Gasteiger partial charge in [0.1, 0.15) is 17.0 Å². The lowest BCUT2D eigenvalue weighted by Crippen LogP contribution is -2.33. The van der Waals surface area contributed by atoms with Gasteiger partial charge in [-0.05, 0) is 44.0 Å². The van der Waals surface area contributed by atoms with Crippen LogP contribution in [0.2, 0.25) is 0 Å². The number of hydrogen-bond donors (Lipinski definition) is 3. The van der Waals surface area contributed by atoms with E-state index in [0.717, 1.165) is 28.8 Å². The van der Waals surface area contributed by atoms with Crippen LogP contribution >= 0.6 is 0 Å². The number of ether oxygens (including phenoxy) is 3. The van der Waals surface area contributed by atoms with E-state index < -0.39 is 0 Å². The van der Waals surface area contributed by atoms with Crippen molar-refractivity contribution in [3.05, 3.63) is 47.3 Å². The Labute approximate surface area is 217 Å². The molecule has 2 atom stereocenters. The first-order valence-electron chi connectivity index (χ1n) is 12.4. The first-order chi connectivity index (χ1) is 17.9. The largest absolute Gasteiger partial charge is 0.497 e. The van der Waals surface area contributed by atoms with Gasteiger partial charge in [-0.15, -0.1) is 0 Å². The molecule has 10 nitrogen and oxygen atoms in total. The highest BCUT2D eigenvalue weighted by Crippen LogP contribution is 2.35. The minimum absolute atomic E-state index is 0.0105. The molecule has 3 aromatic rings. The van der Waals surface area contributed by atoms with E-state index in [9.17, 15) is 9.90 Å². The van der Waals surface area contributed by atoms with E-state index >= 15 is 0 Å². The van der Waals surface area contributed by atoms with Crippen molar-refractivity contribution in [2.45, 2.75) is 32.4 Å². The lowest BCUT2D eigenvalue weighted by Gasteiger charge is -2.27. The molecule has 37 heavy (non-hydrogen) atoms. The second-order valence-corrected chi connectivity index (χ2v) is 9.14. The number of anilines is 1. The standard InChI is InChI=1S/C27H35N5O5/c1-16-10-22-24(27(30-16)37-5)29-14-23(25(22)32-8-6-19(15-33)28-7-9-32)26(34)31-17(2)18-11-20(35-3)13-21(12-18)36-4/h10-14,17,19,28,33H,6-9,15H2,1-5H3,(H,31,34)/t17-,19?/m0/s1. The number of hydrogen-bond acceptors (Lipinski definition) is 9. The van der Waals surface area contributed by atoms with Gasteiger partial charge >= 0.3 is 0 Å². The SMILES string of the molecule is COc1cc(OC)cc([C@H](C)NC(=O)c2cnc3c(OC)nc(C)cc3c2N2CCNC(CO)CC2)c1. The van der Waals surface area contributed by atoms with E-state index in [1.54, 1.807) is 33.6 Å². The molecule has 1 fully saturated rings. The van der Waals surface area contributed by atoms with Crippen LogP contribution in [0, 0.1) is 6.92 Å². The summed E-state index contributed by atoms with van der Waals surface area (Å²) in [7, 11) is 4.75. The molecular formula is C27H35N5O5. The predicted molar refractivity (Wildman–Crippen MR) is 142 cm³/mol. The Balaban J connectivity index is 1.76. The summed E-state index contributed by atoms with van der Waals surface area (Å²) in [6.07, 6.45) is 2.33. The van der Waals surface area contributed by atoms with E-state index in [2.05, 4.69) is 25.5 Å². The molecule has 0 saturated carbocycles. The molecule has 10 heteroatoms.